The molecule has 1 atom stereocenters. The molecule has 1 nitrogen and oxygen atoms in total. The lowest BCUT2D eigenvalue weighted by Crippen LogP contribution is -2.24. The molecule has 0 fully saturated rings. The molecule has 2 rings (SSSR count). The molecule has 21 heavy (non-hydrogen) atoms. The molecule has 0 heterocycles. The second-order valence-electron chi connectivity index (χ2n) is 5.08. The van der Waals surface area contributed by atoms with Crippen molar-refractivity contribution in [3.8, 4) is 0 Å². The topological polar surface area (TPSA) is 12.0 Å². The van der Waals surface area contributed by atoms with E-state index in [1.807, 2.05) is 32.0 Å². The summed E-state index contributed by atoms with van der Waals surface area (Å²) in [4.78, 5) is 0. The summed E-state index contributed by atoms with van der Waals surface area (Å²) in [5.74, 6) is -1.11. The van der Waals surface area contributed by atoms with Gasteiger partial charge in [0.25, 0.3) is 0 Å². The lowest BCUT2D eigenvalue weighted by atomic mass is 9.97. The standard InChI is InChI=1S/C17H18ClF2N/c1-3-21-17(14-7-6-13(19)10-16(14)20)9-12-5-4-11(2)8-15(12)18/h4-8,10,17,21H,3,9H2,1-2H3. The van der Waals surface area contributed by atoms with Gasteiger partial charge in [-0.05, 0) is 43.1 Å². The number of aryl methyl sites for hydroxylation is 1. The van der Waals surface area contributed by atoms with Crippen LogP contribution >= 0.6 is 11.6 Å². The molecule has 0 aromatic heterocycles. The van der Waals surface area contributed by atoms with Crippen molar-refractivity contribution in [1.82, 2.24) is 5.32 Å². The van der Waals surface area contributed by atoms with E-state index < -0.39 is 11.6 Å². The van der Waals surface area contributed by atoms with Gasteiger partial charge in [-0.3, -0.25) is 0 Å². The van der Waals surface area contributed by atoms with E-state index in [1.165, 1.54) is 12.1 Å². The molecule has 4 heteroatoms. The molecule has 0 radical (unpaired) electrons. The van der Waals surface area contributed by atoms with Crippen LogP contribution in [0.2, 0.25) is 5.02 Å². The fraction of sp³-hybridized carbons (Fsp3) is 0.294. The van der Waals surface area contributed by atoms with E-state index in [4.69, 9.17) is 11.6 Å². The Bertz CT molecular complexity index is 628. The van der Waals surface area contributed by atoms with E-state index in [-0.39, 0.29) is 6.04 Å². The summed E-state index contributed by atoms with van der Waals surface area (Å²) in [6, 6.07) is 9.25. The third kappa shape index (κ3) is 4.02. The molecular formula is C17H18ClF2N. The maximum atomic E-state index is 14.0. The third-order valence-electron chi connectivity index (χ3n) is 3.42. The molecular weight excluding hydrogens is 292 g/mol. The molecule has 0 amide bonds. The van der Waals surface area contributed by atoms with Crippen LogP contribution < -0.4 is 5.32 Å². The fourth-order valence-electron chi connectivity index (χ4n) is 2.36. The quantitative estimate of drug-likeness (QED) is 0.835. The lowest BCUT2D eigenvalue weighted by molar-refractivity contribution is 0.502. The van der Waals surface area contributed by atoms with Gasteiger partial charge in [-0.15, -0.1) is 0 Å². The highest BCUT2D eigenvalue weighted by atomic mass is 35.5. The van der Waals surface area contributed by atoms with Crippen molar-refractivity contribution in [1.29, 1.82) is 0 Å². The van der Waals surface area contributed by atoms with Crippen molar-refractivity contribution in [2.24, 2.45) is 0 Å². The molecule has 112 valence electrons. The van der Waals surface area contributed by atoms with Crippen LogP contribution in [0.1, 0.15) is 29.7 Å². The molecule has 0 spiro atoms. The summed E-state index contributed by atoms with van der Waals surface area (Å²) >= 11 is 6.24. The Morgan fingerprint density at radius 3 is 2.52 bits per heavy atom. The second-order valence-corrected chi connectivity index (χ2v) is 5.48. The molecule has 0 bridgehead atoms. The summed E-state index contributed by atoms with van der Waals surface area (Å²) in [6.45, 7) is 4.60. The van der Waals surface area contributed by atoms with Gasteiger partial charge >= 0.3 is 0 Å². The van der Waals surface area contributed by atoms with E-state index in [0.29, 0.717) is 23.6 Å². The number of hydrogen-bond acceptors (Lipinski definition) is 1. The van der Waals surface area contributed by atoms with Crippen LogP contribution in [0.4, 0.5) is 8.78 Å². The zero-order valence-corrected chi connectivity index (χ0v) is 12.8. The predicted octanol–water partition coefficient (Wildman–Crippen LogP) is 4.82. The zero-order valence-electron chi connectivity index (χ0n) is 12.1. The first kappa shape index (κ1) is 15.9. The number of likely N-dealkylation sites (N-methyl/N-ethyl adjacent to an activating group) is 1. The van der Waals surface area contributed by atoms with Gasteiger partial charge in [-0.2, -0.15) is 0 Å². The van der Waals surface area contributed by atoms with Gasteiger partial charge in [0.15, 0.2) is 0 Å². The zero-order chi connectivity index (χ0) is 15.4. The van der Waals surface area contributed by atoms with E-state index in [9.17, 15) is 8.78 Å². The number of rotatable bonds is 5. The molecule has 0 aliphatic heterocycles. The lowest BCUT2D eigenvalue weighted by Gasteiger charge is -2.20. The van der Waals surface area contributed by atoms with E-state index >= 15 is 0 Å². The van der Waals surface area contributed by atoms with Crippen molar-refractivity contribution >= 4 is 11.6 Å². The molecule has 0 saturated heterocycles. The molecule has 1 N–H and O–H groups in total. The fourth-order valence-corrected chi connectivity index (χ4v) is 2.67. The Kier molecular flexibility index (Phi) is 5.32. The van der Waals surface area contributed by atoms with Crippen LogP contribution in [-0.4, -0.2) is 6.54 Å². The third-order valence-corrected chi connectivity index (χ3v) is 3.77. The van der Waals surface area contributed by atoms with Gasteiger partial charge in [0.1, 0.15) is 11.6 Å². The van der Waals surface area contributed by atoms with Crippen molar-refractivity contribution in [2.75, 3.05) is 6.54 Å². The van der Waals surface area contributed by atoms with E-state index in [1.54, 1.807) is 0 Å². The SMILES string of the molecule is CCNC(Cc1ccc(C)cc1Cl)c1ccc(F)cc1F. The smallest absolute Gasteiger partial charge is 0.130 e. The van der Waals surface area contributed by atoms with Crippen molar-refractivity contribution in [3.05, 3.63) is 69.7 Å². The maximum absolute atomic E-state index is 14.0. The highest BCUT2D eigenvalue weighted by Crippen LogP contribution is 2.26. The minimum absolute atomic E-state index is 0.240. The average Bonchev–Trinajstić information content (AvgIpc) is 2.41. The van der Waals surface area contributed by atoms with Gasteiger partial charge in [0.2, 0.25) is 0 Å². The Morgan fingerprint density at radius 2 is 1.90 bits per heavy atom. The monoisotopic (exact) mass is 309 g/mol. The van der Waals surface area contributed by atoms with Gasteiger partial charge in [-0.25, -0.2) is 8.78 Å². The highest BCUT2D eigenvalue weighted by molar-refractivity contribution is 6.31. The van der Waals surface area contributed by atoms with Crippen LogP contribution in [0, 0.1) is 18.6 Å². The maximum Gasteiger partial charge on any atom is 0.130 e. The van der Waals surface area contributed by atoms with Gasteiger partial charge in [0, 0.05) is 22.7 Å². The largest absolute Gasteiger partial charge is 0.310 e. The molecule has 0 aliphatic rings. The van der Waals surface area contributed by atoms with Gasteiger partial charge in [0.05, 0.1) is 0 Å². The highest BCUT2D eigenvalue weighted by Gasteiger charge is 2.17. The van der Waals surface area contributed by atoms with Crippen LogP contribution in [-0.2, 0) is 6.42 Å². The minimum Gasteiger partial charge on any atom is -0.310 e. The average molecular weight is 310 g/mol. The summed E-state index contributed by atoms with van der Waals surface area (Å²) in [5, 5.41) is 3.90. The number of halogens is 3. The summed E-state index contributed by atoms with van der Waals surface area (Å²) in [5.41, 5.74) is 2.48. The number of benzene rings is 2. The Balaban J connectivity index is 2.30. The molecule has 1 unspecified atom stereocenters. The van der Waals surface area contributed by atoms with Crippen LogP contribution in [0.5, 0.6) is 0 Å². The van der Waals surface area contributed by atoms with Crippen LogP contribution in [0.3, 0.4) is 0 Å². The van der Waals surface area contributed by atoms with Crippen LogP contribution in [0.25, 0.3) is 0 Å². The molecule has 0 saturated carbocycles. The molecule has 0 aliphatic carbocycles. The summed E-state index contributed by atoms with van der Waals surface area (Å²) in [6.07, 6.45) is 0.551. The summed E-state index contributed by atoms with van der Waals surface area (Å²) in [7, 11) is 0. The summed E-state index contributed by atoms with van der Waals surface area (Å²) < 4.78 is 27.0. The number of hydrogen-bond donors (Lipinski definition) is 1. The Labute approximate surface area is 128 Å². The Hall–Kier alpha value is -1.45. The van der Waals surface area contributed by atoms with Gasteiger partial charge < -0.3 is 5.32 Å². The van der Waals surface area contributed by atoms with Crippen molar-refractivity contribution in [3.63, 3.8) is 0 Å². The van der Waals surface area contributed by atoms with E-state index in [0.717, 1.165) is 17.2 Å². The first-order chi connectivity index (χ1) is 10.0. The number of nitrogens with one attached hydrogen (secondary N) is 1. The van der Waals surface area contributed by atoms with Crippen molar-refractivity contribution < 1.29 is 8.78 Å². The van der Waals surface area contributed by atoms with E-state index in [2.05, 4.69) is 5.32 Å². The first-order valence-corrected chi connectivity index (χ1v) is 7.32. The second kappa shape index (κ2) is 7.01. The van der Waals surface area contributed by atoms with Crippen molar-refractivity contribution in [2.45, 2.75) is 26.3 Å². The van der Waals surface area contributed by atoms with Crippen LogP contribution in [0.15, 0.2) is 36.4 Å². The molecule has 2 aromatic rings. The predicted molar refractivity (Wildman–Crippen MR) is 82.7 cm³/mol. The normalized spacial score (nSPS) is 12.4. The molecule has 2 aromatic carbocycles. The van der Waals surface area contributed by atoms with Gasteiger partial charge in [-0.1, -0.05) is 36.7 Å². The Morgan fingerprint density at radius 1 is 1.14 bits per heavy atom. The minimum atomic E-state index is -0.570. The first-order valence-electron chi connectivity index (χ1n) is 6.94.